The minimum Gasteiger partial charge on any atom is -0.419 e. The summed E-state index contributed by atoms with van der Waals surface area (Å²) in [5.41, 5.74) is 0. The van der Waals surface area contributed by atoms with Gasteiger partial charge >= 0.3 is 0 Å². The molecule has 1 atom stereocenters. The summed E-state index contributed by atoms with van der Waals surface area (Å²) in [5, 5.41) is 20.0. The predicted molar refractivity (Wildman–Crippen MR) is 89.6 cm³/mol. The molecule has 6 nitrogen and oxygen atoms in total. The average Bonchev–Trinajstić information content (AvgIpc) is 3.00. The van der Waals surface area contributed by atoms with Crippen LogP contribution >= 0.6 is 23.1 Å². The van der Waals surface area contributed by atoms with Crippen molar-refractivity contribution in [2.75, 3.05) is 0 Å². The van der Waals surface area contributed by atoms with Crippen LogP contribution < -0.4 is 0 Å². The maximum atomic E-state index is 5.81. The van der Waals surface area contributed by atoms with E-state index in [9.17, 15) is 0 Å². The Morgan fingerprint density at radius 1 is 1.35 bits per heavy atom. The maximum Gasteiger partial charge on any atom is 0.257 e. The Morgan fingerprint density at radius 2 is 2.22 bits per heavy atom. The average molecular weight is 347 g/mol. The first-order valence-corrected chi connectivity index (χ1v) is 9.49. The number of thiophene rings is 1. The summed E-state index contributed by atoms with van der Waals surface area (Å²) < 4.78 is 8.02. The van der Waals surface area contributed by atoms with Crippen LogP contribution in [0.5, 0.6) is 0 Å². The first-order chi connectivity index (χ1) is 11.3. The molecule has 1 aliphatic carbocycles. The Labute approximate surface area is 142 Å². The molecule has 1 unspecified atom stereocenters. The Balaban J connectivity index is 1.53. The molecule has 1 aliphatic rings. The fourth-order valence-electron chi connectivity index (χ4n) is 2.44. The zero-order valence-electron chi connectivity index (χ0n) is 13.0. The largest absolute Gasteiger partial charge is 0.419 e. The van der Waals surface area contributed by atoms with Crippen LogP contribution in [0.2, 0.25) is 0 Å². The molecule has 0 spiro atoms. The molecule has 3 heterocycles. The number of aromatic nitrogens is 5. The van der Waals surface area contributed by atoms with Gasteiger partial charge in [0.15, 0.2) is 5.16 Å². The maximum absolute atomic E-state index is 5.81. The minimum absolute atomic E-state index is 0.0396. The molecular weight excluding hydrogens is 330 g/mol. The van der Waals surface area contributed by atoms with Gasteiger partial charge in [-0.2, -0.15) is 0 Å². The van der Waals surface area contributed by atoms with E-state index in [1.54, 1.807) is 23.1 Å². The van der Waals surface area contributed by atoms with Crippen LogP contribution in [-0.4, -0.2) is 25.0 Å². The Kier molecular flexibility index (Phi) is 3.94. The van der Waals surface area contributed by atoms with Crippen molar-refractivity contribution in [1.29, 1.82) is 0 Å². The van der Waals surface area contributed by atoms with Crippen molar-refractivity contribution in [3.05, 3.63) is 29.2 Å². The summed E-state index contributed by atoms with van der Waals surface area (Å²) >= 11 is 3.22. The molecule has 0 aromatic carbocycles. The van der Waals surface area contributed by atoms with Gasteiger partial charge in [-0.25, -0.2) is 0 Å². The third kappa shape index (κ3) is 2.92. The van der Waals surface area contributed by atoms with E-state index >= 15 is 0 Å². The molecule has 3 aromatic heterocycles. The molecule has 0 N–H and O–H groups in total. The second kappa shape index (κ2) is 6.09. The molecule has 8 heteroatoms. The standard InChI is InChI=1S/C15H17N5OS2/c1-3-20-12(10-6-7-10)16-19-15(20)23-9(2)13-17-18-14(21-13)11-5-4-8-22-11/h4-5,8-10H,3,6-7H2,1-2H3. The molecule has 3 aromatic rings. The van der Waals surface area contributed by atoms with Crippen LogP contribution in [0.3, 0.4) is 0 Å². The van der Waals surface area contributed by atoms with Crippen molar-refractivity contribution in [3.63, 3.8) is 0 Å². The van der Waals surface area contributed by atoms with Gasteiger partial charge in [0.25, 0.3) is 5.89 Å². The first-order valence-electron chi connectivity index (χ1n) is 7.73. The molecule has 1 fully saturated rings. The van der Waals surface area contributed by atoms with Gasteiger partial charge in [-0.05, 0) is 38.1 Å². The lowest BCUT2D eigenvalue weighted by Crippen LogP contribution is -2.02. The van der Waals surface area contributed by atoms with Gasteiger partial charge in [-0.1, -0.05) is 17.8 Å². The number of hydrogen-bond donors (Lipinski definition) is 0. The van der Waals surface area contributed by atoms with E-state index in [-0.39, 0.29) is 5.25 Å². The van der Waals surface area contributed by atoms with E-state index in [4.69, 9.17) is 4.42 Å². The van der Waals surface area contributed by atoms with Gasteiger partial charge in [-0.15, -0.1) is 31.7 Å². The van der Waals surface area contributed by atoms with Crippen LogP contribution in [0.25, 0.3) is 10.8 Å². The van der Waals surface area contributed by atoms with Crippen LogP contribution in [0, 0.1) is 0 Å². The smallest absolute Gasteiger partial charge is 0.257 e. The van der Waals surface area contributed by atoms with Crippen LogP contribution in [-0.2, 0) is 6.54 Å². The van der Waals surface area contributed by atoms with Crippen LogP contribution in [0.1, 0.15) is 49.6 Å². The molecule has 4 rings (SSSR count). The van der Waals surface area contributed by atoms with Crippen LogP contribution in [0.4, 0.5) is 0 Å². The van der Waals surface area contributed by atoms with Crippen molar-refractivity contribution >= 4 is 23.1 Å². The highest BCUT2D eigenvalue weighted by molar-refractivity contribution is 7.99. The fourth-order valence-corrected chi connectivity index (χ4v) is 4.03. The van der Waals surface area contributed by atoms with Crippen molar-refractivity contribution in [1.82, 2.24) is 25.0 Å². The Morgan fingerprint density at radius 3 is 2.91 bits per heavy atom. The van der Waals surface area contributed by atoms with Gasteiger partial charge in [-0.3, -0.25) is 0 Å². The number of hydrogen-bond acceptors (Lipinski definition) is 7. The molecular formula is C15H17N5OS2. The lowest BCUT2D eigenvalue weighted by Gasteiger charge is -2.08. The first kappa shape index (κ1) is 14.9. The SMILES string of the molecule is CCn1c(SC(C)c2nnc(-c3cccs3)o2)nnc1C1CC1. The van der Waals surface area contributed by atoms with Crippen molar-refractivity contribution in [3.8, 4) is 10.8 Å². The normalized spacial score (nSPS) is 15.9. The molecule has 23 heavy (non-hydrogen) atoms. The van der Waals surface area contributed by atoms with Gasteiger partial charge in [0.05, 0.1) is 10.1 Å². The molecule has 0 bridgehead atoms. The molecule has 0 saturated heterocycles. The summed E-state index contributed by atoms with van der Waals surface area (Å²) in [7, 11) is 0. The summed E-state index contributed by atoms with van der Waals surface area (Å²) in [6, 6.07) is 3.96. The lowest BCUT2D eigenvalue weighted by molar-refractivity contribution is 0.509. The summed E-state index contributed by atoms with van der Waals surface area (Å²) in [6.07, 6.45) is 2.46. The monoisotopic (exact) mass is 347 g/mol. The number of rotatable bonds is 6. The lowest BCUT2D eigenvalue weighted by atomic mass is 10.4. The minimum atomic E-state index is 0.0396. The van der Waals surface area contributed by atoms with Crippen molar-refractivity contribution < 1.29 is 4.42 Å². The predicted octanol–water partition coefficient (Wildman–Crippen LogP) is 4.14. The van der Waals surface area contributed by atoms with E-state index in [0.29, 0.717) is 17.7 Å². The molecule has 0 aliphatic heterocycles. The van der Waals surface area contributed by atoms with Gasteiger partial charge in [0.1, 0.15) is 5.82 Å². The topological polar surface area (TPSA) is 69.6 Å². The summed E-state index contributed by atoms with van der Waals surface area (Å²) in [5.74, 6) is 2.92. The van der Waals surface area contributed by atoms with E-state index in [0.717, 1.165) is 22.4 Å². The van der Waals surface area contributed by atoms with Crippen molar-refractivity contribution in [2.24, 2.45) is 0 Å². The zero-order valence-corrected chi connectivity index (χ0v) is 14.6. The third-order valence-electron chi connectivity index (χ3n) is 3.81. The number of nitrogens with zero attached hydrogens (tertiary/aromatic N) is 5. The molecule has 1 saturated carbocycles. The quantitative estimate of drug-likeness (QED) is 0.624. The highest BCUT2D eigenvalue weighted by Crippen LogP contribution is 2.41. The van der Waals surface area contributed by atoms with E-state index in [2.05, 4.69) is 38.8 Å². The highest BCUT2D eigenvalue weighted by Gasteiger charge is 2.30. The highest BCUT2D eigenvalue weighted by atomic mass is 32.2. The fraction of sp³-hybridized carbons (Fsp3) is 0.467. The van der Waals surface area contributed by atoms with E-state index in [1.807, 2.05) is 17.5 Å². The molecule has 120 valence electrons. The summed E-state index contributed by atoms with van der Waals surface area (Å²) in [6.45, 7) is 5.07. The number of thioether (sulfide) groups is 1. The van der Waals surface area contributed by atoms with Gasteiger partial charge in [0, 0.05) is 12.5 Å². The molecule has 0 radical (unpaired) electrons. The molecule has 0 amide bonds. The Bertz CT molecular complexity index is 791. The second-order valence-corrected chi connectivity index (χ2v) is 7.80. The Hall–Kier alpha value is -1.67. The van der Waals surface area contributed by atoms with E-state index < -0.39 is 0 Å². The second-order valence-electron chi connectivity index (χ2n) is 5.54. The van der Waals surface area contributed by atoms with E-state index in [1.165, 1.54) is 12.8 Å². The zero-order chi connectivity index (χ0) is 15.8. The van der Waals surface area contributed by atoms with Gasteiger partial charge in [0.2, 0.25) is 5.89 Å². The van der Waals surface area contributed by atoms with Crippen LogP contribution in [0.15, 0.2) is 27.1 Å². The van der Waals surface area contributed by atoms with Crippen molar-refractivity contribution in [2.45, 2.75) is 49.6 Å². The van der Waals surface area contributed by atoms with Gasteiger partial charge < -0.3 is 8.98 Å². The third-order valence-corrected chi connectivity index (χ3v) is 5.73. The summed E-state index contributed by atoms with van der Waals surface area (Å²) in [4.78, 5) is 0.994.